The number of likely N-dealkylation sites (tertiary alicyclic amines) is 1. The van der Waals surface area contributed by atoms with Crippen molar-refractivity contribution < 1.29 is 9.90 Å². The van der Waals surface area contributed by atoms with Crippen LogP contribution in [0.5, 0.6) is 0 Å². The van der Waals surface area contributed by atoms with E-state index in [2.05, 4.69) is 0 Å². The molecule has 2 rings (SSSR count). The number of amides is 1. The predicted octanol–water partition coefficient (Wildman–Crippen LogP) is 1.50. The normalized spacial score (nSPS) is 36.1. The van der Waals surface area contributed by atoms with Gasteiger partial charge in [-0.2, -0.15) is 0 Å². The van der Waals surface area contributed by atoms with Gasteiger partial charge in [-0.3, -0.25) is 4.79 Å². The second kappa shape index (κ2) is 5.41. The highest BCUT2D eigenvalue weighted by atomic mass is 32.2. The number of hydrogen-bond donors (Lipinski definition) is 1. The van der Waals surface area contributed by atoms with Crippen molar-refractivity contribution in [3.05, 3.63) is 0 Å². The van der Waals surface area contributed by atoms with Gasteiger partial charge < -0.3 is 10.0 Å². The van der Waals surface area contributed by atoms with E-state index in [4.69, 9.17) is 0 Å². The lowest BCUT2D eigenvalue weighted by Gasteiger charge is -2.36. The topological polar surface area (TPSA) is 40.5 Å². The van der Waals surface area contributed by atoms with Crippen LogP contribution in [0.4, 0.5) is 0 Å². The van der Waals surface area contributed by atoms with Gasteiger partial charge in [0.15, 0.2) is 0 Å². The highest BCUT2D eigenvalue weighted by molar-refractivity contribution is 8.00. The Morgan fingerprint density at radius 3 is 2.81 bits per heavy atom. The molecule has 0 bridgehead atoms. The Morgan fingerprint density at radius 2 is 2.19 bits per heavy atom. The van der Waals surface area contributed by atoms with Crippen LogP contribution in [0.15, 0.2) is 0 Å². The SMILES string of the molecule is CC1CN(C(=O)C2CCCCS2)CCC1O. The number of carbonyl (C=O) groups excluding carboxylic acids is 1. The zero-order valence-electron chi connectivity index (χ0n) is 9.89. The molecule has 2 fully saturated rings. The summed E-state index contributed by atoms with van der Waals surface area (Å²) in [4.78, 5) is 14.2. The molecule has 0 radical (unpaired) electrons. The number of carbonyl (C=O) groups is 1. The third kappa shape index (κ3) is 2.72. The van der Waals surface area contributed by atoms with Gasteiger partial charge in [0.05, 0.1) is 11.4 Å². The lowest BCUT2D eigenvalue weighted by atomic mass is 9.96. The van der Waals surface area contributed by atoms with E-state index in [1.54, 1.807) is 0 Å². The molecule has 3 unspecified atom stereocenters. The standard InChI is InChI=1S/C12H21NO2S/c1-9-8-13(6-5-10(9)14)12(15)11-4-2-3-7-16-11/h9-11,14H,2-8H2,1H3. The average molecular weight is 243 g/mol. The molecule has 2 aliphatic heterocycles. The molecule has 92 valence electrons. The summed E-state index contributed by atoms with van der Waals surface area (Å²) in [5.74, 6) is 1.66. The minimum atomic E-state index is -0.219. The molecular weight excluding hydrogens is 222 g/mol. The molecule has 16 heavy (non-hydrogen) atoms. The molecule has 0 aromatic rings. The van der Waals surface area contributed by atoms with Gasteiger partial charge in [-0.25, -0.2) is 0 Å². The number of aliphatic hydroxyl groups is 1. The second-order valence-corrected chi connectivity index (χ2v) is 6.28. The van der Waals surface area contributed by atoms with E-state index >= 15 is 0 Å². The van der Waals surface area contributed by atoms with E-state index in [0.717, 1.165) is 31.7 Å². The summed E-state index contributed by atoms with van der Waals surface area (Å²) in [7, 11) is 0. The lowest BCUT2D eigenvalue weighted by molar-refractivity contribution is -0.134. The number of thioether (sulfide) groups is 1. The Labute approximate surface area is 102 Å². The van der Waals surface area contributed by atoms with Crippen molar-refractivity contribution >= 4 is 17.7 Å². The average Bonchev–Trinajstić information content (AvgIpc) is 2.33. The number of aliphatic hydroxyl groups excluding tert-OH is 1. The summed E-state index contributed by atoms with van der Waals surface area (Å²) in [5, 5.41) is 9.84. The van der Waals surface area contributed by atoms with Crippen LogP contribution in [0.1, 0.15) is 32.6 Å². The number of hydrogen-bond acceptors (Lipinski definition) is 3. The Bertz CT molecular complexity index is 253. The maximum Gasteiger partial charge on any atom is 0.235 e. The van der Waals surface area contributed by atoms with Gasteiger partial charge >= 0.3 is 0 Å². The summed E-state index contributed by atoms with van der Waals surface area (Å²) in [6.45, 7) is 3.50. The number of rotatable bonds is 1. The van der Waals surface area contributed by atoms with Gasteiger partial charge in [0, 0.05) is 13.1 Å². The fourth-order valence-electron chi connectivity index (χ4n) is 2.47. The summed E-state index contributed by atoms with van der Waals surface area (Å²) in [6.07, 6.45) is 4.00. The monoisotopic (exact) mass is 243 g/mol. The first-order chi connectivity index (χ1) is 7.68. The molecule has 2 aliphatic rings. The Morgan fingerprint density at radius 1 is 1.38 bits per heavy atom. The molecule has 0 aromatic carbocycles. The van der Waals surface area contributed by atoms with Gasteiger partial charge in [-0.15, -0.1) is 11.8 Å². The molecular formula is C12H21NO2S. The summed E-state index contributed by atoms with van der Waals surface area (Å²) in [5.41, 5.74) is 0. The van der Waals surface area contributed by atoms with Gasteiger partial charge in [0.2, 0.25) is 5.91 Å². The minimum Gasteiger partial charge on any atom is -0.393 e. The summed E-state index contributed by atoms with van der Waals surface area (Å²) < 4.78 is 0. The third-order valence-electron chi connectivity index (χ3n) is 3.63. The van der Waals surface area contributed by atoms with Crippen molar-refractivity contribution in [2.45, 2.75) is 44.0 Å². The first-order valence-electron chi connectivity index (χ1n) is 6.27. The largest absolute Gasteiger partial charge is 0.393 e. The Balaban J connectivity index is 1.89. The molecule has 0 spiro atoms. The fraction of sp³-hybridized carbons (Fsp3) is 0.917. The van der Waals surface area contributed by atoms with E-state index in [-0.39, 0.29) is 17.3 Å². The van der Waals surface area contributed by atoms with Crippen molar-refractivity contribution in [3.8, 4) is 0 Å². The van der Waals surface area contributed by atoms with E-state index in [1.165, 1.54) is 12.8 Å². The van der Waals surface area contributed by atoms with Crippen LogP contribution >= 0.6 is 11.8 Å². The molecule has 1 amide bonds. The third-order valence-corrected chi connectivity index (χ3v) is 4.99. The van der Waals surface area contributed by atoms with Crippen LogP contribution < -0.4 is 0 Å². The van der Waals surface area contributed by atoms with Crippen LogP contribution in [0.25, 0.3) is 0 Å². The van der Waals surface area contributed by atoms with E-state index in [0.29, 0.717) is 5.91 Å². The molecule has 4 heteroatoms. The van der Waals surface area contributed by atoms with Crippen molar-refractivity contribution in [1.29, 1.82) is 0 Å². The first-order valence-corrected chi connectivity index (χ1v) is 7.32. The zero-order chi connectivity index (χ0) is 11.5. The zero-order valence-corrected chi connectivity index (χ0v) is 10.7. The van der Waals surface area contributed by atoms with Crippen LogP contribution in [-0.4, -0.2) is 46.1 Å². The molecule has 3 nitrogen and oxygen atoms in total. The van der Waals surface area contributed by atoms with Gasteiger partial charge in [0.25, 0.3) is 0 Å². The second-order valence-electron chi connectivity index (χ2n) is 4.97. The van der Waals surface area contributed by atoms with E-state index in [9.17, 15) is 9.90 Å². The predicted molar refractivity (Wildman–Crippen MR) is 66.5 cm³/mol. The molecule has 0 aliphatic carbocycles. The van der Waals surface area contributed by atoms with E-state index in [1.807, 2.05) is 23.6 Å². The molecule has 0 aromatic heterocycles. The molecule has 1 N–H and O–H groups in total. The fourth-order valence-corrected chi connectivity index (χ4v) is 3.75. The maximum absolute atomic E-state index is 12.2. The smallest absolute Gasteiger partial charge is 0.235 e. The first kappa shape index (κ1) is 12.2. The van der Waals surface area contributed by atoms with Crippen molar-refractivity contribution in [2.75, 3.05) is 18.8 Å². The molecule has 0 saturated carbocycles. The van der Waals surface area contributed by atoms with Crippen LogP contribution in [0.3, 0.4) is 0 Å². The highest BCUT2D eigenvalue weighted by Crippen LogP contribution is 2.28. The Kier molecular flexibility index (Phi) is 4.14. The molecule has 3 atom stereocenters. The highest BCUT2D eigenvalue weighted by Gasteiger charge is 2.31. The molecule has 2 heterocycles. The summed E-state index contributed by atoms with van der Waals surface area (Å²) >= 11 is 1.81. The van der Waals surface area contributed by atoms with Crippen molar-refractivity contribution in [3.63, 3.8) is 0 Å². The minimum absolute atomic E-state index is 0.191. The van der Waals surface area contributed by atoms with Crippen LogP contribution in [0.2, 0.25) is 0 Å². The van der Waals surface area contributed by atoms with Crippen LogP contribution in [-0.2, 0) is 4.79 Å². The van der Waals surface area contributed by atoms with Gasteiger partial charge in [-0.1, -0.05) is 13.3 Å². The Hall–Kier alpha value is -0.220. The summed E-state index contributed by atoms with van der Waals surface area (Å²) in [6, 6.07) is 0. The maximum atomic E-state index is 12.2. The van der Waals surface area contributed by atoms with Crippen molar-refractivity contribution in [1.82, 2.24) is 4.90 Å². The number of nitrogens with zero attached hydrogens (tertiary/aromatic N) is 1. The van der Waals surface area contributed by atoms with Crippen molar-refractivity contribution in [2.24, 2.45) is 5.92 Å². The molecule has 2 saturated heterocycles. The number of piperidine rings is 1. The van der Waals surface area contributed by atoms with Gasteiger partial charge in [-0.05, 0) is 30.9 Å². The quantitative estimate of drug-likeness (QED) is 0.759. The van der Waals surface area contributed by atoms with Crippen LogP contribution in [0, 0.1) is 5.92 Å². The van der Waals surface area contributed by atoms with E-state index < -0.39 is 0 Å². The van der Waals surface area contributed by atoms with Gasteiger partial charge in [0.1, 0.15) is 0 Å². The lowest BCUT2D eigenvalue weighted by Crippen LogP contribution is -2.48.